The summed E-state index contributed by atoms with van der Waals surface area (Å²) in [4.78, 5) is 22.1. The highest BCUT2D eigenvalue weighted by molar-refractivity contribution is 7.10. The summed E-state index contributed by atoms with van der Waals surface area (Å²) in [5.41, 5.74) is 0.652. The van der Waals surface area contributed by atoms with E-state index in [0.717, 1.165) is 4.88 Å². The van der Waals surface area contributed by atoms with Gasteiger partial charge in [0, 0.05) is 15.8 Å². The minimum atomic E-state index is -0.0932. The van der Waals surface area contributed by atoms with Gasteiger partial charge < -0.3 is 4.79 Å². The molecule has 0 aromatic carbocycles. The monoisotopic (exact) mass is 168 g/mol. The van der Waals surface area contributed by atoms with Crippen LogP contribution >= 0.6 is 11.3 Å². The quantitative estimate of drug-likeness (QED) is 0.392. The lowest BCUT2D eigenvalue weighted by Gasteiger charge is -1.86. The average molecular weight is 168 g/mol. The minimum Gasteiger partial charge on any atom is -0.303 e. The van der Waals surface area contributed by atoms with Crippen LogP contribution in [0.5, 0.6) is 0 Å². The predicted molar refractivity (Wildman–Crippen MR) is 44.1 cm³/mol. The van der Waals surface area contributed by atoms with Gasteiger partial charge >= 0.3 is 0 Å². The Kier molecular flexibility index (Phi) is 2.54. The van der Waals surface area contributed by atoms with Gasteiger partial charge in [-0.3, -0.25) is 4.79 Å². The third-order valence-corrected chi connectivity index (χ3v) is 2.18. The van der Waals surface area contributed by atoms with E-state index in [1.54, 1.807) is 11.4 Å². The standard InChI is InChI=1S/C8H8O2S/c1-6-4-7(5-11-6)8(10)2-3-9/h3-5H,2H2,1H3. The molecular weight excluding hydrogens is 160 g/mol. The van der Waals surface area contributed by atoms with Crippen molar-refractivity contribution in [3.8, 4) is 0 Å². The molecule has 0 saturated heterocycles. The Morgan fingerprint density at radius 2 is 2.45 bits per heavy atom. The van der Waals surface area contributed by atoms with Crippen molar-refractivity contribution >= 4 is 23.4 Å². The van der Waals surface area contributed by atoms with Gasteiger partial charge in [-0.1, -0.05) is 0 Å². The molecule has 58 valence electrons. The Morgan fingerprint density at radius 3 is 2.91 bits per heavy atom. The highest BCUT2D eigenvalue weighted by Crippen LogP contribution is 2.13. The Morgan fingerprint density at radius 1 is 1.73 bits per heavy atom. The van der Waals surface area contributed by atoms with Gasteiger partial charge in [-0.05, 0) is 13.0 Å². The number of carbonyl (C=O) groups excluding carboxylic acids is 2. The lowest BCUT2D eigenvalue weighted by atomic mass is 10.2. The first-order valence-corrected chi connectivity index (χ1v) is 4.14. The van der Waals surface area contributed by atoms with E-state index in [4.69, 9.17) is 0 Å². The Balaban J connectivity index is 2.76. The van der Waals surface area contributed by atoms with Gasteiger partial charge in [0.1, 0.15) is 6.29 Å². The van der Waals surface area contributed by atoms with Gasteiger partial charge in [-0.25, -0.2) is 0 Å². The Labute approximate surface area is 68.9 Å². The predicted octanol–water partition coefficient (Wildman–Crippen LogP) is 1.83. The fourth-order valence-electron chi connectivity index (χ4n) is 0.783. The summed E-state index contributed by atoms with van der Waals surface area (Å²) in [6.45, 7) is 1.93. The molecule has 1 aromatic heterocycles. The molecule has 0 aliphatic heterocycles. The van der Waals surface area contributed by atoms with Crippen LogP contribution in [0, 0.1) is 6.92 Å². The lowest BCUT2D eigenvalue weighted by Crippen LogP contribution is -1.96. The number of Topliss-reactive ketones (excluding diaryl/α,β-unsaturated/α-hetero) is 1. The van der Waals surface area contributed by atoms with E-state index >= 15 is 0 Å². The number of ketones is 1. The molecule has 0 unspecified atom stereocenters. The van der Waals surface area contributed by atoms with Crippen LogP contribution in [0.25, 0.3) is 0 Å². The van der Waals surface area contributed by atoms with Gasteiger partial charge in [-0.2, -0.15) is 0 Å². The second-order valence-electron chi connectivity index (χ2n) is 2.24. The molecule has 0 atom stereocenters. The van der Waals surface area contributed by atoms with Crippen LogP contribution in [0.15, 0.2) is 11.4 Å². The Hall–Kier alpha value is -0.960. The number of hydrogen-bond acceptors (Lipinski definition) is 3. The molecule has 1 aromatic rings. The van der Waals surface area contributed by atoms with E-state index in [1.807, 2.05) is 6.92 Å². The molecule has 0 amide bonds. The maximum atomic E-state index is 11.0. The second-order valence-corrected chi connectivity index (χ2v) is 3.36. The van der Waals surface area contributed by atoms with Gasteiger partial charge in [0.2, 0.25) is 0 Å². The number of carbonyl (C=O) groups is 2. The third-order valence-electron chi connectivity index (χ3n) is 1.32. The van der Waals surface area contributed by atoms with Crippen LogP contribution < -0.4 is 0 Å². The van der Waals surface area contributed by atoms with Crippen molar-refractivity contribution in [2.24, 2.45) is 0 Å². The van der Waals surface area contributed by atoms with E-state index in [2.05, 4.69) is 0 Å². The van der Waals surface area contributed by atoms with E-state index in [-0.39, 0.29) is 12.2 Å². The molecule has 0 bridgehead atoms. The molecule has 0 fully saturated rings. The highest BCUT2D eigenvalue weighted by atomic mass is 32.1. The Bertz CT molecular complexity index is 275. The zero-order valence-corrected chi connectivity index (χ0v) is 6.98. The molecule has 11 heavy (non-hydrogen) atoms. The van der Waals surface area contributed by atoms with E-state index in [0.29, 0.717) is 11.8 Å². The number of rotatable bonds is 3. The molecule has 0 radical (unpaired) electrons. The minimum absolute atomic E-state index is 0.00380. The van der Waals surface area contributed by atoms with Crippen molar-refractivity contribution in [3.63, 3.8) is 0 Å². The first-order chi connectivity index (χ1) is 5.24. The van der Waals surface area contributed by atoms with Crippen LogP contribution in [0.4, 0.5) is 0 Å². The molecule has 3 heteroatoms. The zero-order valence-electron chi connectivity index (χ0n) is 6.16. The van der Waals surface area contributed by atoms with Crippen LogP contribution in [-0.4, -0.2) is 12.1 Å². The van der Waals surface area contributed by atoms with Crippen molar-refractivity contribution in [1.29, 1.82) is 0 Å². The fourth-order valence-corrected chi connectivity index (χ4v) is 1.49. The fraction of sp³-hybridized carbons (Fsp3) is 0.250. The summed E-state index contributed by atoms with van der Waals surface area (Å²) in [5.74, 6) is -0.0932. The van der Waals surface area contributed by atoms with Gasteiger partial charge in [-0.15, -0.1) is 11.3 Å². The first-order valence-electron chi connectivity index (χ1n) is 3.26. The summed E-state index contributed by atoms with van der Waals surface area (Å²) >= 11 is 1.52. The van der Waals surface area contributed by atoms with Gasteiger partial charge in [0.25, 0.3) is 0 Å². The molecule has 0 N–H and O–H groups in total. The molecule has 0 aliphatic carbocycles. The SMILES string of the molecule is Cc1cc(C(=O)CC=O)cs1. The molecule has 2 nitrogen and oxygen atoms in total. The highest BCUT2D eigenvalue weighted by Gasteiger charge is 2.05. The third kappa shape index (κ3) is 1.98. The van der Waals surface area contributed by atoms with Crippen molar-refractivity contribution in [2.75, 3.05) is 0 Å². The molecule has 0 aliphatic rings. The van der Waals surface area contributed by atoms with Gasteiger partial charge in [0.15, 0.2) is 5.78 Å². The first kappa shape index (κ1) is 8.14. The van der Waals surface area contributed by atoms with Crippen LogP contribution in [0.2, 0.25) is 0 Å². The second kappa shape index (κ2) is 3.44. The van der Waals surface area contributed by atoms with Crippen LogP contribution in [0.1, 0.15) is 21.7 Å². The summed E-state index contributed by atoms with van der Waals surface area (Å²) in [7, 11) is 0. The number of aldehydes is 1. The molecule has 0 spiro atoms. The largest absolute Gasteiger partial charge is 0.303 e. The summed E-state index contributed by atoms with van der Waals surface area (Å²) in [5, 5.41) is 1.78. The van der Waals surface area contributed by atoms with Crippen molar-refractivity contribution in [3.05, 3.63) is 21.9 Å². The zero-order chi connectivity index (χ0) is 8.27. The van der Waals surface area contributed by atoms with Crippen molar-refractivity contribution < 1.29 is 9.59 Å². The van der Waals surface area contributed by atoms with Gasteiger partial charge in [0.05, 0.1) is 6.42 Å². The maximum Gasteiger partial charge on any atom is 0.170 e. The number of hydrogen-bond donors (Lipinski definition) is 0. The summed E-state index contributed by atoms with van der Waals surface area (Å²) in [6, 6.07) is 1.80. The van der Waals surface area contributed by atoms with E-state index in [9.17, 15) is 9.59 Å². The molecule has 0 saturated carbocycles. The molecular formula is C8H8O2S. The van der Waals surface area contributed by atoms with Crippen LogP contribution in [0.3, 0.4) is 0 Å². The van der Waals surface area contributed by atoms with Crippen molar-refractivity contribution in [2.45, 2.75) is 13.3 Å². The normalized spacial score (nSPS) is 9.55. The number of aryl methyl sites for hydroxylation is 1. The van der Waals surface area contributed by atoms with E-state index < -0.39 is 0 Å². The summed E-state index contributed by atoms with van der Waals surface area (Å²) in [6.07, 6.45) is 0.630. The lowest BCUT2D eigenvalue weighted by molar-refractivity contribution is -0.107. The van der Waals surface area contributed by atoms with Crippen LogP contribution in [-0.2, 0) is 4.79 Å². The van der Waals surface area contributed by atoms with E-state index in [1.165, 1.54) is 11.3 Å². The average Bonchev–Trinajstić information content (AvgIpc) is 2.36. The maximum absolute atomic E-state index is 11.0. The smallest absolute Gasteiger partial charge is 0.170 e. The van der Waals surface area contributed by atoms with Crippen molar-refractivity contribution in [1.82, 2.24) is 0 Å². The topological polar surface area (TPSA) is 34.1 Å². The number of thiophene rings is 1. The molecule has 1 rings (SSSR count). The molecule has 1 heterocycles. The summed E-state index contributed by atoms with van der Waals surface area (Å²) < 4.78 is 0.